The lowest BCUT2D eigenvalue weighted by Gasteiger charge is -2.31. The summed E-state index contributed by atoms with van der Waals surface area (Å²) in [5, 5.41) is 4.44. The number of aromatic nitrogens is 2. The minimum atomic E-state index is 0.192. The standard InChI is InChI=1S/C20H26N2O/c1-13-5-6-17(11-14(13)2)20(23)19-8-7-18(12-15(19)3)22-10-9-16(4)21-22/h7-10,12-14,17H,5-6,11H2,1-4H3/t13?,14-,17?/m0/s1. The van der Waals surface area contributed by atoms with Gasteiger partial charge in [-0.2, -0.15) is 5.10 Å². The highest BCUT2D eigenvalue weighted by Crippen LogP contribution is 2.35. The minimum Gasteiger partial charge on any atom is -0.294 e. The molecule has 1 aliphatic carbocycles. The first-order valence-corrected chi connectivity index (χ1v) is 8.63. The van der Waals surface area contributed by atoms with Crippen molar-refractivity contribution in [2.24, 2.45) is 17.8 Å². The molecule has 1 aromatic carbocycles. The largest absolute Gasteiger partial charge is 0.294 e. The van der Waals surface area contributed by atoms with Gasteiger partial charge in [0.05, 0.1) is 11.4 Å². The maximum Gasteiger partial charge on any atom is 0.166 e. The van der Waals surface area contributed by atoms with Gasteiger partial charge < -0.3 is 0 Å². The molecule has 1 saturated carbocycles. The average molecular weight is 310 g/mol. The minimum absolute atomic E-state index is 0.192. The van der Waals surface area contributed by atoms with Crippen LogP contribution in [0.5, 0.6) is 0 Å². The fraction of sp³-hybridized carbons (Fsp3) is 0.500. The summed E-state index contributed by atoms with van der Waals surface area (Å²) in [6, 6.07) is 8.03. The molecule has 1 aromatic heterocycles. The summed E-state index contributed by atoms with van der Waals surface area (Å²) in [5.74, 6) is 1.90. The third kappa shape index (κ3) is 3.24. The molecule has 0 aliphatic heterocycles. The fourth-order valence-electron chi connectivity index (χ4n) is 3.63. The van der Waals surface area contributed by atoms with Crippen LogP contribution in [0.4, 0.5) is 0 Å². The molecular weight excluding hydrogens is 284 g/mol. The third-order valence-corrected chi connectivity index (χ3v) is 5.43. The van der Waals surface area contributed by atoms with Gasteiger partial charge in [-0.05, 0) is 74.8 Å². The molecule has 122 valence electrons. The van der Waals surface area contributed by atoms with Gasteiger partial charge in [-0.25, -0.2) is 4.68 Å². The summed E-state index contributed by atoms with van der Waals surface area (Å²) in [6.45, 7) is 8.59. The molecule has 0 saturated heterocycles. The summed E-state index contributed by atoms with van der Waals surface area (Å²) in [4.78, 5) is 12.9. The first kappa shape index (κ1) is 16.0. The number of hydrogen-bond donors (Lipinski definition) is 0. The second-order valence-electron chi connectivity index (χ2n) is 7.23. The first-order chi connectivity index (χ1) is 11.0. The van der Waals surface area contributed by atoms with Gasteiger partial charge >= 0.3 is 0 Å². The number of rotatable bonds is 3. The van der Waals surface area contributed by atoms with Crippen molar-refractivity contribution in [3.05, 3.63) is 47.3 Å². The zero-order chi connectivity index (χ0) is 16.6. The van der Waals surface area contributed by atoms with Crippen LogP contribution in [0.2, 0.25) is 0 Å². The van der Waals surface area contributed by atoms with E-state index in [9.17, 15) is 4.79 Å². The number of ketones is 1. The lowest BCUT2D eigenvalue weighted by Crippen LogP contribution is -2.26. The second-order valence-corrected chi connectivity index (χ2v) is 7.23. The molecule has 0 bridgehead atoms. The molecule has 23 heavy (non-hydrogen) atoms. The summed E-state index contributed by atoms with van der Waals surface area (Å²) < 4.78 is 1.86. The van der Waals surface area contributed by atoms with Gasteiger partial charge in [0.25, 0.3) is 0 Å². The zero-order valence-corrected chi connectivity index (χ0v) is 14.5. The SMILES string of the molecule is Cc1ccn(-c2ccc(C(=O)C3CCC(C)[C@@H](C)C3)c(C)c2)n1. The van der Waals surface area contributed by atoms with Crippen LogP contribution in [0.25, 0.3) is 5.69 Å². The zero-order valence-electron chi connectivity index (χ0n) is 14.5. The quantitative estimate of drug-likeness (QED) is 0.767. The van der Waals surface area contributed by atoms with Gasteiger partial charge in [-0.3, -0.25) is 4.79 Å². The summed E-state index contributed by atoms with van der Waals surface area (Å²) in [6.07, 6.45) is 5.18. The third-order valence-electron chi connectivity index (χ3n) is 5.43. The van der Waals surface area contributed by atoms with Gasteiger partial charge in [0, 0.05) is 17.7 Å². The van der Waals surface area contributed by atoms with Crippen LogP contribution in [-0.2, 0) is 0 Å². The Kier molecular flexibility index (Phi) is 4.38. The van der Waals surface area contributed by atoms with Gasteiger partial charge in [-0.1, -0.05) is 13.8 Å². The molecule has 1 heterocycles. The van der Waals surface area contributed by atoms with Crippen molar-refractivity contribution in [1.29, 1.82) is 0 Å². The lowest BCUT2D eigenvalue weighted by molar-refractivity contribution is 0.0837. The molecule has 0 N–H and O–H groups in total. The highest BCUT2D eigenvalue weighted by Gasteiger charge is 2.30. The van der Waals surface area contributed by atoms with Crippen molar-refractivity contribution < 1.29 is 4.79 Å². The number of carbonyl (C=O) groups is 1. The molecular formula is C20H26N2O. The number of carbonyl (C=O) groups excluding carboxylic acids is 1. The average Bonchev–Trinajstić information content (AvgIpc) is 2.96. The normalized spacial score (nSPS) is 24.6. The van der Waals surface area contributed by atoms with Gasteiger partial charge in [0.2, 0.25) is 0 Å². The van der Waals surface area contributed by atoms with Crippen molar-refractivity contribution in [1.82, 2.24) is 9.78 Å². The van der Waals surface area contributed by atoms with Crippen LogP contribution in [0, 0.1) is 31.6 Å². The van der Waals surface area contributed by atoms with Crippen LogP contribution in [-0.4, -0.2) is 15.6 Å². The van der Waals surface area contributed by atoms with Gasteiger partial charge in [0.1, 0.15) is 0 Å². The molecule has 1 fully saturated rings. The van der Waals surface area contributed by atoms with E-state index in [-0.39, 0.29) is 5.92 Å². The molecule has 1 aliphatic rings. The smallest absolute Gasteiger partial charge is 0.166 e. The number of hydrogen-bond acceptors (Lipinski definition) is 2. The van der Waals surface area contributed by atoms with Crippen molar-refractivity contribution in [3.8, 4) is 5.69 Å². The molecule has 2 unspecified atom stereocenters. The predicted molar refractivity (Wildman–Crippen MR) is 93.0 cm³/mol. The van der Waals surface area contributed by atoms with Crippen LogP contribution >= 0.6 is 0 Å². The van der Waals surface area contributed by atoms with Crippen molar-refractivity contribution in [3.63, 3.8) is 0 Å². The predicted octanol–water partition coefficient (Wildman–Crippen LogP) is 4.74. The van der Waals surface area contributed by atoms with Crippen molar-refractivity contribution >= 4 is 5.78 Å². The van der Waals surface area contributed by atoms with E-state index in [1.54, 1.807) is 0 Å². The van der Waals surface area contributed by atoms with E-state index in [1.165, 1.54) is 6.42 Å². The lowest BCUT2D eigenvalue weighted by atomic mass is 9.73. The van der Waals surface area contributed by atoms with Crippen LogP contribution < -0.4 is 0 Å². The van der Waals surface area contributed by atoms with Crippen LogP contribution in [0.15, 0.2) is 30.5 Å². The van der Waals surface area contributed by atoms with E-state index in [0.717, 1.165) is 41.3 Å². The van der Waals surface area contributed by atoms with E-state index in [4.69, 9.17) is 0 Å². The number of Topliss-reactive ketones (excluding diaryl/α,β-unsaturated/α-hetero) is 1. The maximum absolute atomic E-state index is 12.9. The molecule has 0 amide bonds. The number of benzene rings is 1. The number of nitrogens with zero attached hydrogens (tertiary/aromatic N) is 2. The molecule has 0 spiro atoms. The number of aryl methyl sites for hydroxylation is 2. The van der Waals surface area contributed by atoms with E-state index in [2.05, 4.69) is 25.0 Å². The molecule has 2 aromatic rings. The molecule has 3 atom stereocenters. The molecule has 3 nitrogen and oxygen atoms in total. The fourth-order valence-corrected chi connectivity index (χ4v) is 3.63. The van der Waals surface area contributed by atoms with Gasteiger partial charge in [-0.15, -0.1) is 0 Å². The Hall–Kier alpha value is -1.90. The summed E-state index contributed by atoms with van der Waals surface area (Å²) in [7, 11) is 0. The van der Waals surface area contributed by atoms with Crippen molar-refractivity contribution in [2.45, 2.75) is 47.0 Å². The van der Waals surface area contributed by atoms with Gasteiger partial charge in [0.15, 0.2) is 5.78 Å². The Morgan fingerprint density at radius 2 is 1.91 bits per heavy atom. The van der Waals surface area contributed by atoms with Crippen LogP contribution in [0.1, 0.15) is 54.7 Å². The maximum atomic E-state index is 12.9. The van der Waals surface area contributed by atoms with Crippen molar-refractivity contribution in [2.75, 3.05) is 0 Å². The van der Waals surface area contributed by atoms with E-state index in [1.807, 2.05) is 42.9 Å². The Bertz CT molecular complexity index is 716. The highest BCUT2D eigenvalue weighted by atomic mass is 16.1. The molecule has 3 rings (SSSR count). The monoisotopic (exact) mass is 310 g/mol. The summed E-state index contributed by atoms with van der Waals surface area (Å²) >= 11 is 0. The Morgan fingerprint density at radius 3 is 2.52 bits per heavy atom. The topological polar surface area (TPSA) is 34.9 Å². The van der Waals surface area contributed by atoms with E-state index in [0.29, 0.717) is 11.7 Å². The molecule has 3 heteroatoms. The van der Waals surface area contributed by atoms with E-state index >= 15 is 0 Å². The molecule has 0 radical (unpaired) electrons. The first-order valence-electron chi connectivity index (χ1n) is 8.63. The van der Waals surface area contributed by atoms with Crippen LogP contribution in [0.3, 0.4) is 0 Å². The Morgan fingerprint density at radius 1 is 1.13 bits per heavy atom. The second kappa shape index (κ2) is 6.31. The Labute approximate surface area is 138 Å². The summed E-state index contributed by atoms with van der Waals surface area (Å²) in [5.41, 5.74) is 3.93. The Balaban J connectivity index is 1.82. The van der Waals surface area contributed by atoms with E-state index < -0.39 is 0 Å². The highest BCUT2D eigenvalue weighted by molar-refractivity contribution is 5.99.